The molecule has 2 aromatic carbocycles. The maximum atomic E-state index is 15.7. The lowest BCUT2D eigenvalue weighted by atomic mass is 9.95. The third-order valence-corrected chi connectivity index (χ3v) is 6.22. The third-order valence-electron chi connectivity index (χ3n) is 5.87. The highest BCUT2D eigenvalue weighted by Crippen LogP contribution is 2.31. The molecule has 0 saturated heterocycles. The van der Waals surface area contributed by atoms with E-state index in [1.165, 1.54) is 0 Å². The van der Waals surface area contributed by atoms with Gasteiger partial charge in [0.2, 0.25) is 0 Å². The average Bonchev–Trinajstić information content (AvgIpc) is 3.48. The lowest BCUT2D eigenvalue weighted by molar-refractivity contribution is 0.0738. The van der Waals surface area contributed by atoms with Crippen molar-refractivity contribution in [1.82, 2.24) is 9.55 Å². The quantitative estimate of drug-likeness (QED) is 0.354. The van der Waals surface area contributed by atoms with E-state index in [1.807, 2.05) is 29.7 Å². The van der Waals surface area contributed by atoms with Crippen molar-refractivity contribution in [2.24, 2.45) is 5.92 Å². The zero-order valence-corrected chi connectivity index (χ0v) is 18.8. The molecule has 0 bridgehead atoms. The monoisotopic (exact) mass is 442 g/mol. The summed E-state index contributed by atoms with van der Waals surface area (Å²) in [6, 6.07) is 7.46. The number of ketones is 1. The Morgan fingerprint density at radius 1 is 1.32 bits per heavy atom. The lowest BCUT2D eigenvalue weighted by Crippen LogP contribution is -2.15. The fourth-order valence-electron chi connectivity index (χ4n) is 3.79. The van der Waals surface area contributed by atoms with Crippen molar-refractivity contribution in [2.75, 3.05) is 13.2 Å². The van der Waals surface area contributed by atoms with Crippen molar-refractivity contribution in [1.29, 1.82) is 0 Å². The molecule has 1 aliphatic rings. The second kappa shape index (κ2) is 9.49. The van der Waals surface area contributed by atoms with E-state index in [9.17, 15) is 4.79 Å². The number of aryl methyl sites for hydroxylation is 2. The van der Waals surface area contributed by atoms with Gasteiger partial charge in [-0.25, -0.2) is 9.37 Å². The number of aromatic nitrogens is 2. The van der Waals surface area contributed by atoms with Gasteiger partial charge in [0.25, 0.3) is 0 Å². The summed E-state index contributed by atoms with van der Waals surface area (Å²) in [6.07, 6.45) is 6.18. The minimum atomic E-state index is -0.449. The van der Waals surface area contributed by atoms with Gasteiger partial charge >= 0.3 is 0 Å². The molecule has 31 heavy (non-hydrogen) atoms. The van der Waals surface area contributed by atoms with E-state index in [4.69, 9.17) is 16.3 Å². The van der Waals surface area contributed by atoms with E-state index in [0.29, 0.717) is 39.7 Å². The van der Waals surface area contributed by atoms with Gasteiger partial charge in [0.05, 0.1) is 18.5 Å². The molecular weight excluding hydrogens is 415 g/mol. The Morgan fingerprint density at radius 3 is 2.84 bits per heavy atom. The third kappa shape index (κ3) is 4.99. The topological polar surface area (TPSA) is 44.1 Å². The molecule has 164 valence electrons. The van der Waals surface area contributed by atoms with Crippen molar-refractivity contribution in [2.45, 2.75) is 52.5 Å². The van der Waals surface area contributed by atoms with E-state index in [1.54, 1.807) is 12.4 Å². The molecule has 4 rings (SSSR count). The Labute approximate surface area is 187 Å². The van der Waals surface area contributed by atoms with E-state index < -0.39 is 5.82 Å². The molecule has 3 aromatic rings. The first-order valence-corrected chi connectivity index (χ1v) is 11.4. The van der Waals surface area contributed by atoms with Crippen LogP contribution in [0, 0.1) is 18.7 Å². The van der Waals surface area contributed by atoms with Crippen LogP contribution in [0.25, 0.3) is 11.0 Å². The number of hydrogen-bond acceptors (Lipinski definition) is 3. The summed E-state index contributed by atoms with van der Waals surface area (Å²) in [5.41, 5.74) is 3.45. The van der Waals surface area contributed by atoms with Crippen LogP contribution in [0.2, 0.25) is 5.02 Å². The molecule has 1 aromatic heterocycles. The summed E-state index contributed by atoms with van der Waals surface area (Å²) < 4.78 is 23.2. The van der Waals surface area contributed by atoms with Gasteiger partial charge in [-0.05, 0) is 55.4 Å². The number of carbonyl (C=O) groups excluding carboxylic acids is 1. The van der Waals surface area contributed by atoms with Crippen LogP contribution in [0.3, 0.4) is 0 Å². The molecule has 1 fully saturated rings. The van der Waals surface area contributed by atoms with Crippen LogP contribution < -0.4 is 0 Å². The van der Waals surface area contributed by atoms with E-state index in [0.717, 1.165) is 43.4 Å². The maximum absolute atomic E-state index is 15.7. The van der Waals surface area contributed by atoms with Crippen molar-refractivity contribution < 1.29 is 13.9 Å². The number of fused-ring (bicyclic) bond motifs is 1. The number of nitrogens with zero attached hydrogens (tertiary/aromatic N) is 2. The first-order chi connectivity index (χ1) is 15.0. The molecule has 6 heteroatoms. The summed E-state index contributed by atoms with van der Waals surface area (Å²) in [5, 5.41) is 0.566. The average molecular weight is 443 g/mol. The molecule has 0 atom stereocenters. The van der Waals surface area contributed by atoms with Crippen molar-refractivity contribution >= 4 is 28.4 Å². The minimum absolute atomic E-state index is 0.0425. The largest absolute Gasteiger partial charge is 0.373 e. The normalized spacial score (nSPS) is 13.8. The van der Waals surface area contributed by atoms with Gasteiger partial charge in [-0.3, -0.25) is 4.79 Å². The first kappa shape index (κ1) is 22.0. The Kier molecular flexibility index (Phi) is 6.73. The number of imidazole rings is 1. The number of benzene rings is 2. The molecule has 1 saturated carbocycles. The summed E-state index contributed by atoms with van der Waals surface area (Å²) in [7, 11) is 0. The van der Waals surface area contributed by atoms with Crippen LogP contribution in [-0.4, -0.2) is 28.5 Å². The van der Waals surface area contributed by atoms with E-state index in [-0.39, 0.29) is 18.8 Å². The van der Waals surface area contributed by atoms with Crippen LogP contribution in [0.15, 0.2) is 30.6 Å². The summed E-state index contributed by atoms with van der Waals surface area (Å²) in [5.74, 6) is -0.0915. The number of hydrogen-bond donors (Lipinski definition) is 0. The molecular formula is C25H28ClFN2O2. The molecule has 1 heterocycles. The van der Waals surface area contributed by atoms with E-state index in [2.05, 4.69) is 11.9 Å². The SMILES string of the molecule is CCCCn1cnc2c(F)c(Cc3ccc(C)cc3Cl)c(C(=O)COCC3CC3)cc21. The molecule has 0 aliphatic heterocycles. The van der Waals surface area contributed by atoms with Gasteiger partial charge in [0.1, 0.15) is 12.1 Å². The number of unbranched alkanes of at least 4 members (excludes halogenated alkanes) is 1. The van der Waals surface area contributed by atoms with E-state index >= 15 is 4.39 Å². The second-order valence-corrected chi connectivity index (χ2v) is 8.94. The number of ether oxygens (including phenoxy) is 1. The Balaban J connectivity index is 1.73. The highest BCUT2D eigenvalue weighted by Gasteiger charge is 2.24. The molecule has 0 N–H and O–H groups in total. The highest BCUT2D eigenvalue weighted by molar-refractivity contribution is 6.31. The van der Waals surface area contributed by atoms with Crippen LogP contribution in [-0.2, 0) is 17.7 Å². The Hall–Kier alpha value is -2.24. The van der Waals surface area contributed by atoms with Gasteiger partial charge in [-0.2, -0.15) is 0 Å². The summed E-state index contributed by atoms with van der Waals surface area (Å²) >= 11 is 6.42. The zero-order valence-electron chi connectivity index (χ0n) is 18.1. The standard InChI is InChI=1S/C25H28ClFN2O2/c1-3-4-9-29-15-28-25-22(29)12-19(23(30)14-31-13-17-6-7-17)20(24(25)27)11-18-8-5-16(2)10-21(18)26/h5,8,10,12,15,17H,3-4,6-7,9,11,13-14H2,1-2H3. The number of halogens is 2. The predicted molar refractivity (Wildman–Crippen MR) is 121 cm³/mol. The van der Waals surface area contributed by atoms with Crippen LogP contribution >= 0.6 is 11.6 Å². The van der Waals surface area contributed by atoms with Gasteiger partial charge in [-0.15, -0.1) is 0 Å². The van der Waals surface area contributed by atoms with Crippen molar-refractivity contribution in [3.05, 3.63) is 63.7 Å². The predicted octanol–water partition coefficient (Wildman–Crippen LogP) is 6.14. The van der Waals surface area contributed by atoms with Crippen molar-refractivity contribution in [3.63, 3.8) is 0 Å². The smallest absolute Gasteiger partial charge is 0.188 e. The fourth-order valence-corrected chi connectivity index (χ4v) is 4.09. The van der Waals surface area contributed by atoms with Crippen LogP contribution in [0.5, 0.6) is 0 Å². The molecule has 0 spiro atoms. The first-order valence-electron chi connectivity index (χ1n) is 11.0. The van der Waals surface area contributed by atoms with Gasteiger partial charge < -0.3 is 9.30 Å². The zero-order chi connectivity index (χ0) is 22.0. The van der Waals surface area contributed by atoms with Gasteiger partial charge in [0.15, 0.2) is 11.6 Å². The second-order valence-electron chi connectivity index (χ2n) is 8.53. The molecule has 0 amide bonds. The molecule has 1 aliphatic carbocycles. The van der Waals surface area contributed by atoms with Gasteiger partial charge in [-0.1, -0.05) is 37.1 Å². The maximum Gasteiger partial charge on any atom is 0.188 e. The number of carbonyl (C=O) groups is 1. The molecule has 0 unspecified atom stereocenters. The summed E-state index contributed by atoms with van der Waals surface area (Å²) in [4.78, 5) is 17.4. The Bertz CT molecular complexity index is 1100. The highest BCUT2D eigenvalue weighted by atomic mass is 35.5. The van der Waals surface area contributed by atoms with Crippen LogP contribution in [0.1, 0.15) is 59.7 Å². The molecule has 4 nitrogen and oxygen atoms in total. The van der Waals surface area contributed by atoms with Crippen LogP contribution in [0.4, 0.5) is 4.39 Å². The Morgan fingerprint density at radius 2 is 2.13 bits per heavy atom. The molecule has 0 radical (unpaired) electrons. The number of Topliss-reactive ketones (excluding diaryl/α,β-unsaturated/α-hetero) is 1. The lowest BCUT2D eigenvalue weighted by Gasteiger charge is -2.14. The fraction of sp³-hybridized carbons (Fsp3) is 0.440. The number of rotatable bonds is 10. The van der Waals surface area contributed by atoms with Gasteiger partial charge in [0, 0.05) is 29.1 Å². The summed E-state index contributed by atoms with van der Waals surface area (Å²) in [6.45, 7) is 5.34. The minimum Gasteiger partial charge on any atom is -0.373 e. The van der Waals surface area contributed by atoms with Crippen molar-refractivity contribution in [3.8, 4) is 0 Å².